The number of likely N-dealkylation sites (N-methyl/N-ethyl adjacent to an activating group) is 1. The molecular weight excluding hydrogens is 315 g/mol. The topological polar surface area (TPSA) is 90.1 Å². The summed E-state index contributed by atoms with van der Waals surface area (Å²) in [5.74, 6) is 0.720. The molecule has 0 atom stereocenters. The predicted molar refractivity (Wildman–Crippen MR) is 80.8 cm³/mol. The van der Waals surface area contributed by atoms with Crippen molar-refractivity contribution in [1.29, 1.82) is 0 Å². The first-order valence-corrected chi connectivity index (χ1v) is 6.70. The maximum atomic E-state index is 11.3. The standard InChI is InChI=1S/C13H12Cl2N4O2/c1-17-10(20)6-9-18-5-4-11(19-9)21-8-3-2-7(16)12(14)13(8)15/h2-5H,6,16H2,1H3,(H,17,20). The Labute approximate surface area is 131 Å². The molecule has 2 rings (SSSR count). The Kier molecular flexibility index (Phi) is 4.82. The van der Waals surface area contributed by atoms with Gasteiger partial charge in [0, 0.05) is 19.3 Å². The van der Waals surface area contributed by atoms with Gasteiger partial charge in [-0.1, -0.05) is 23.2 Å². The van der Waals surface area contributed by atoms with E-state index in [0.717, 1.165) is 0 Å². The number of nitrogens with one attached hydrogen (secondary N) is 1. The second-order valence-corrected chi connectivity index (χ2v) is 4.80. The number of carbonyl (C=O) groups is 1. The van der Waals surface area contributed by atoms with Gasteiger partial charge in [-0.15, -0.1) is 0 Å². The van der Waals surface area contributed by atoms with E-state index in [0.29, 0.717) is 17.3 Å². The third-order valence-electron chi connectivity index (χ3n) is 2.57. The van der Waals surface area contributed by atoms with Crippen molar-refractivity contribution in [2.75, 3.05) is 12.8 Å². The molecule has 0 aliphatic heterocycles. The molecule has 1 amide bonds. The van der Waals surface area contributed by atoms with Gasteiger partial charge in [0.2, 0.25) is 11.8 Å². The van der Waals surface area contributed by atoms with Crippen LogP contribution in [0.4, 0.5) is 5.69 Å². The molecule has 0 saturated heterocycles. The molecule has 1 aromatic heterocycles. The van der Waals surface area contributed by atoms with E-state index in [4.69, 9.17) is 33.7 Å². The van der Waals surface area contributed by atoms with Crippen molar-refractivity contribution in [3.05, 3.63) is 40.3 Å². The maximum Gasteiger partial charge on any atom is 0.227 e. The number of nitrogens with two attached hydrogens (primary N) is 1. The highest BCUT2D eigenvalue weighted by Gasteiger charge is 2.12. The molecule has 6 nitrogen and oxygen atoms in total. The number of hydrogen-bond donors (Lipinski definition) is 2. The molecule has 3 N–H and O–H groups in total. The van der Waals surface area contributed by atoms with E-state index in [9.17, 15) is 4.79 Å². The van der Waals surface area contributed by atoms with Crippen molar-refractivity contribution in [3.63, 3.8) is 0 Å². The Bertz CT molecular complexity index is 679. The molecule has 0 fully saturated rings. The largest absolute Gasteiger partial charge is 0.437 e. The fraction of sp³-hybridized carbons (Fsp3) is 0.154. The van der Waals surface area contributed by atoms with Crippen molar-refractivity contribution in [3.8, 4) is 11.6 Å². The summed E-state index contributed by atoms with van der Waals surface area (Å²) in [7, 11) is 1.54. The van der Waals surface area contributed by atoms with Crippen LogP contribution in [0.15, 0.2) is 24.4 Å². The molecule has 0 unspecified atom stereocenters. The van der Waals surface area contributed by atoms with Crippen LogP contribution < -0.4 is 15.8 Å². The summed E-state index contributed by atoms with van der Waals surface area (Å²) in [5.41, 5.74) is 5.99. The average Bonchev–Trinajstić information content (AvgIpc) is 2.48. The smallest absolute Gasteiger partial charge is 0.227 e. The van der Waals surface area contributed by atoms with Crippen LogP contribution in [0.2, 0.25) is 10.0 Å². The molecule has 0 spiro atoms. The highest BCUT2D eigenvalue weighted by atomic mass is 35.5. The van der Waals surface area contributed by atoms with Crippen molar-refractivity contribution >= 4 is 34.8 Å². The van der Waals surface area contributed by atoms with Crippen LogP contribution in [-0.4, -0.2) is 22.9 Å². The summed E-state index contributed by atoms with van der Waals surface area (Å²) in [6.07, 6.45) is 1.55. The molecule has 21 heavy (non-hydrogen) atoms. The minimum absolute atomic E-state index is 0.0595. The van der Waals surface area contributed by atoms with Gasteiger partial charge in [0.15, 0.2) is 0 Å². The molecule has 0 saturated carbocycles. The van der Waals surface area contributed by atoms with Gasteiger partial charge in [0.1, 0.15) is 16.6 Å². The van der Waals surface area contributed by atoms with E-state index in [2.05, 4.69) is 15.3 Å². The number of rotatable bonds is 4. The number of nitrogen functional groups attached to an aromatic ring is 1. The Hall–Kier alpha value is -2.05. The molecule has 0 aliphatic rings. The summed E-state index contributed by atoms with van der Waals surface area (Å²) in [6, 6.07) is 4.72. The Morgan fingerprint density at radius 1 is 1.33 bits per heavy atom. The fourth-order valence-corrected chi connectivity index (χ4v) is 1.86. The Balaban J connectivity index is 2.22. The van der Waals surface area contributed by atoms with E-state index in [1.54, 1.807) is 25.2 Å². The normalized spacial score (nSPS) is 10.2. The number of amides is 1. The van der Waals surface area contributed by atoms with Crippen LogP contribution >= 0.6 is 23.2 Å². The van der Waals surface area contributed by atoms with Gasteiger partial charge in [-0.25, -0.2) is 4.98 Å². The zero-order valence-corrected chi connectivity index (χ0v) is 12.6. The highest BCUT2D eigenvalue weighted by molar-refractivity contribution is 6.44. The van der Waals surface area contributed by atoms with E-state index in [-0.39, 0.29) is 28.3 Å². The molecule has 0 radical (unpaired) electrons. The third kappa shape index (κ3) is 3.74. The minimum atomic E-state index is -0.194. The van der Waals surface area contributed by atoms with Crippen LogP contribution in [0.25, 0.3) is 0 Å². The number of hydrogen-bond acceptors (Lipinski definition) is 5. The summed E-state index contributed by atoms with van der Waals surface area (Å²) in [4.78, 5) is 19.4. The van der Waals surface area contributed by atoms with Crippen molar-refractivity contribution < 1.29 is 9.53 Å². The van der Waals surface area contributed by atoms with E-state index < -0.39 is 0 Å². The lowest BCUT2D eigenvalue weighted by atomic mass is 10.3. The van der Waals surface area contributed by atoms with Crippen molar-refractivity contribution in [2.45, 2.75) is 6.42 Å². The second-order valence-electron chi connectivity index (χ2n) is 4.04. The summed E-state index contributed by atoms with van der Waals surface area (Å²) < 4.78 is 5.55. The van der Waals surface area contributed by atoms with E-state index >= 15 is 0 Å². The van der Waals surface area contributed by atoms with Crippen LogP contribution in [0, 0.1) is 0 Å². The van der Waals surface area contributed by atoms with Gasteiger partial charge in [-0.3, -0.25) is 4.79 Å². The third-order valence-corrected chi connectivity index (χ3v) is 3.45. The Morgan fingerprint density at radius 2 is 2.10 bits per heavy atom. The van der Waals surface area contributed by atoms with Crippen LogP contribution in [0.5, 0.6) is 11.6 Å². The molecule has 1 aromatic carbocycles. The van der Waals surface area contributed by atoms with Gasteiger partial charge >= 0.3 is 0 Å². The molecule has 110 valence electrons. The molecule has 8 heteroatoms. The zero-order valence-electron chi connectivity index (χ0n) is 11.1. The predicted octanol–water partition coefficient (Wildman–Crippen LogP) is 2.45. The van der Waals surface area contributed by atoms with Gasteiger partial charge < -0.3 is 15.8 Å². The van der Waals surface area contributed by atoms with Gasteiger partial charge in [-0.2, -0.15) is 4.98 Å². The maximum absolute atomic E-state index is 11.3. The van der Waals surface area contributed by atoms with Crippen LogP contribution in [-0.2, 0) is 11.2 Å². The van der Waals surface area contributed by atoms with Gasteiger partial charge in [0.05, 0.1) is 17.1 Å². The monoisotopic (exact) mass is 326 g/mol. The molecule has 0 aliphatic carbocycles. The number of aromatic nitrogens is 2. The zero-order chi connectivity index (χ0) is 15.4. The minimum Gasteiger partial charge on any atom is -0.437 e. The number of anilines is 1. The Morgan fingerprint density at radius 3 is 2.81 bits per heavy atom. The first-order chi connectivity index (χ1) is 10.0. The summed E-state index contributed by atoms with van der Waals surface area (Å²) in [6.45, 7) is 0. The van der Waals surface area contributed by atoms with Crippen LogP contribution in [0.1, 0.15) is 5.82 Å². The fourth-order valence-electron chi connectivity index (χ4n) is 1.49. The van der Waals surface area contributed by atoms with Gasteiger partial charge in [0.25, 0.3) is 0 Å². The lowest BCUT2D eigenvalue weighted by Crippen LogP contribution is -2.21. The number of benzene rings is 1. The van der Waals surface area contributed by atoms with E-state index in [1.165, 1.54) is 6.20 Å². The number of nitrogens with zero attached hydrogens (tertiary/aromatic N) is 2. The van der Waals surface area contributed by atoms with Crippen LogP contribution in [0.3, 0.4) is 0 Å². The summed E-state index contributed by atoms with van der Waals surface area (Å²) >= 11 is 12.0. The average molecular weight is 327 g/mol. The molecule has 1 heterocycles. The summed E-state index contributed by atoms with van der Waals surface area (Å²) in [5, 5.41) is 2.91. The lowest BCUT2D eigenvalue weighted by Gasteiger charge is -2.09. The second kappa shape index (κ2) is 6.60. The van der Waals surface area contributed by atoms with Gasteiger partial charge in [-0.05, 0) is 12.1 Å². The first-order valence-electron chi connectivity index (χ1n) is 5.95. The molecule has 0 bridgehead atoms. The number of carbonyl (C=O) groups excluding carboxylic acids is 1. The van der Waals surface area contributed by atoms with Crippen molar-refractivity contribution in [2.24, 2.45) is 0 Å². The number of halogens is 2. The quantitative estimate of drug-likeness (QED) is 0.842. The first kappa shape index (κ1) is 15.3. The SMILES string of the molecule is CNC(=O)Cc1nccc(Oc2ccc(N)c(Cl)c2Cl)n1. The lowest BCUT2D eigenvalue weighted by molar-refractivity contribution is -0.120. The highest BCUT2D eigenvalue weighted by Crippen LogP contribution is 2.37. The molecular formula is C13H12Cl2N4O2. The molecule has 2 aromatic rings. The van der Waals surface area contributed by atoms with Crippen molar-refractivity contribution in [1.82, 2.24) is 15.3 Å². The van der Waals surface area contributed by atoms with E-state index in [1.807, 2.05) is 0 Å². The number of ether oxygens (including phenoxy) is 1.